The van der Waals surface area contributed by atoms with E-state index in [-0.39, 0.29) is 10.6 Å². The van der Waals surface area contributed by atoms with Crippen molar-refractivity contribution in [1.29, 1.82) is 0 Å². The first-order valence-corrected chi connectivity index (χ1v) is 7.23. The number of nitrogens with one attached hydrogen (secondary N) is 1. The molecule has 5 heteroatoms. The number of nitrogens with zero attached hydrogens (tertiary/aromatic N) is 1. The quantitative estimate of drug-likeness (QED) is 0.648. The second-order valence-corrected chi connectivity index (χ2v) is 5.36. The SMILES string of the molecule is CCNCc1ccccc1Sc1ccc([N+](=O)[O-])cc1. The van der Waals surface area contributed by atoms with Gasteiger partial charge in [-0.25, -0.2) is 0 Å². The molecule has 0 saturated carbocycles. The molecule has 2 rings (SSSR count). The van der Waals surface area contributed by atoms with Crippen LogP contribution in [0.4, 0.5) is 5.69 Å². The minimum atomic E-state index is -0.381. The third-order valence-corrected chi connectivity index (χ3v) is 3.94. The lowest BCUT2D eigenvalue weighted by molar-refractivity contribution is -0.384. The minimum absolute atomic E-state index is 0.121. The van der Waals surface area contributed by atoms with E-state index in [9.17, 15) is 10.1 Å². The van der Waals surface area contributed by atoms with Crippen LogP contribution in [0, 0.1) is 10.1 Å². The number of hydrogen-bond acceptors (Lipinski definition) is 4. The molecule has 0 aromatic heterocycles. The third-order valence-electron chi connectivity index (χ3n) is 2.81. The van der Waals surface area contributed by atoms with Gasteiger partial charge in [-0.05, 0) is 30.3 Å². The van der Waals surface area contributed by atoms with Crippen molar-refractivity contribution in [3.63, 3.8) is 0 Å². The summed E-state index contributed by atoms with van der Waals surface area (Å²) in [6, 6.07) is 14.8. The first kappa shape index (κ1) is 14.6. The topological polar surface area (TPSA) is 55.2 Å². The molecule has 4 nitrogen and oxygen atoms in total. The average molecular weight is 288 g/mol. The molecule has 0 unspecified atom stereocenters. The van der Waals surface area contributed by atoms with Gasteiger partial charge in [-0.15, -0.1) is 0 Å². The Hall–Kier alpha value is -1.85. The number of nitro groups is 1. The van der Waals surface area contributed by atoms with Crippen LogP contribution in [0.15, 0.2) is 58.3 Å². The molecule has 20 heavy (non-hydrogen) atoms. The Balaban J connectivity index is 2.14. The lowest BCUT2D eigenvalue weighted by Crippen LogP contribution is -2.12. The van der Waals surface area contributed by atoms with Crippen LogP contribution < -0.4 is 5.32 Å². The fourth-order valence-corrected chi connectivity index (χ4v) is 2.72. The van der Waals surface area contributed by atoms with Crippen LogP contribution >= 0.6 is 11.8 Å². The van der Waals surface area contributed by atoms with Crippen LogP contribution in [0.25, 0.3) is 0 Å². The second kappa shape index (κ2) is 7.07. The highest BCUT2D eigenvalue weighted by Gasteiger charge is 2.07. The van der Waals surface area contributed by atoms with Gasteiger partial charge < -0.3 is 5.32 Å². The van der Waals surface area contributed by atoms with Crippen LogP contribution in [0.5, 0.6) is 0 Å². The summed E-state index contributed by atoms with van der Waals surface area (Å²) in [5.74, 6) is 0. The molecule has 1 N–H and O–H groups in total. The van der Waals surface area contributed by atoms with E-state index < -0.39 is 0 Å². The summed E-state index contributed by atoms with van der Waals surface area (Å²) in [5.41, 5.74) is 1.35. The first-order chi connectivity index (χ1) is 9.70. The molecule has 0 amide bonds. The van der Waals surface area contributed by atoms with Gasteiger partial charge in [0.2, 0.25) is 0 Å². The molecular formula is C15H16N2O2S. The molecular weight excluding hydrogens is 272 g/mol. The molecule has 0 aliphatic rings. The molecule has 2 aromatic rings. The Morgan fingerprint density at radius 3 is 2.50 bits per heavy atom. The Bertz CT molecular complexity index is 585. The number of hydrogen-bond donors (Lipinski definition) is 1. The highest BCUT2D eigenvalue weighted by atomic mass is 32.2. The Morgan fingerprint density at radius 1 is 1.15 bits per heavy atom. The number of non-ortho nitro benzene ring substituents is 1. The van der Waals surface area contributed by atoms with Gasteiger partial charge in [0.15, 0.2) is 0 Å². The van der Waals surface area contributed by atoms with Crippen molar-refractivity contribution in [1.82, 2.24) is 5.32 Å². The Morgan fingerprint density at radius 2 is 1.85 bits per heavy atom. The van der Waals surface area contributed by atoms with Gasteiger partial charge in [0.1, 0.15) is 0 Å². The van der Waals surface area contributed by atoms with Crippen molar-refractivity contribution in [3.05, 3.63) is 64.2 Å². The summed E-state index contributed by atoms with van der Waals surface area (Å²) in [7, 11) is 0. The van der Waals surface area contributed by atoms with Crippen molar-refractivity contribution < 1.29 is 4.92 Å². The lowest BCUT2D eigenvalue weighted by atomic mass is 10.2. The van der Waals surface area contributed by atoms with Crippen molar-refractivity contribution in [2.45, 2.75) is 23.3 Å². The van der Waals surface area contributed by atoms with Gasteiger partial charge >= 0.3 is 0 Å². The normalized spacial score (nSPS) is 10.4. The van der Waals surface area contributed by atoms with Crippen LogP contribution in [0.3, 0.4) is 0 Å². The van der Waals surface area contributed by atoms with E-state index in [1.807, 2.05) is 12.1 Å². The largest absolute Gasteiger partial charge is 0.313 e. The fourth-order valence-electron chi connectivity index (χ4n) is 1.77. The zero-order valence-corrected chi connectivity index (χ0v) is 12.0. The van der Waals surface area contributed by atoms with Crippen LogP contribution in [-0.2, 0) is 6.54 Å². The van der Waals surface area contributed by atoms with Gasteiger partial charge in [0.25, 0.3) is 5.69 Å². The number of rotatable bonds is 6. The van der Waals surface area contributed by atoms with Crippen LogP contribution in [-0.4, -0.2) is 11.5 Å². The maximum Gasteiger partial charge on any atom is 0.269 e. The van der Waals surface area contributed by atoms with Crippen molar-refractivity contribution in [3.8, 4) is 0 Å². The van der Waals surface area contributed by atoms with Gasteiger partial charge in [0, 0.05) is 28.5 Å². The maximum atomic E-state index is 10.6. The summed E-state index contributed by atoms with van der Waals surface area (Å²) in [4.78, 5) is 12.4. The number of benzene rings is 2. The molecule has 2 aromatic carbocycles. The van der Waals surface area contributed by atoms with Gasteiger partial charge in [-0.3, -0.25) is 10.1 Å². The van der Waals surface area contributed by atoms with Crippen molar-refractivity contribution in [2.75, 3.05) is 6.54 Å². The van der Waals surface area contributed by atoms with Gasteiger partial charge in [-0.1, -0.05) is 36.9 Å². The smallest absolute Gasteiger partial charge is 0.269 e. The Labute approximate surface area is 122 Å². The second-order valence-electron chi connectivity index (χ2n) is 4.24. The predicted octanol–water partition coefficient (Wildman–Crippen LogP) is 3.86. The fraction of sp³-hybridized carbons (Fsp3) is 0.200. The van der Waals surface area contributed by atoms with E-state index in [0.717, 1.165) is 18.0 Å². The predicted molar refractivity (Wildman–Crippen MR) is 81.0 cm³/mol. The number of nitro benzene ring substituents is 1. The monoisotopic (exact) mass is 288 g/mol. The summed E-state index contributed by atoms with van der Waals surface area (Å²) in [6.45, 7) is 3.83. The van der Waals surface area contributed by atoms with Crippen molar-refractivity contribution >= 4 is 17.4 Å². The molecule has 0 heterocycles. The van der Waals surface area contributed by atoms with E-state index in [4.69, 9.17) is 0 Å². The third kappa shape index (κ3) is 3.82. The first-order valence-electron chi connectivity index (χ1n) is 6.41. The maximum absolute atomic E-state index is 10.6. The molecule has 0 aliphatic carbocycles. The highest BCUT2D eigenvalue weighted by molar-refractivity contribution is 7.99. The molecule has 0 aliphatic heterocycles. The Kier molecular flexibility index (Phi) is 5.15. The van der Waals surface area contributed by atoms with E-state index in [1.165, 1.54) is 22.6 Å². The molecule has 0 atom stereocenters. The summed E-state index contributed by atoms with van der Waals surface area (Å²) < 4.78 is 0. The van der Waals surface area contributed by atoms with Gasteiger partial charge in [0.05, 0.1) is 4.92 Å². The van der Waals surface area contributed by atoms with E-state index >= 15 is 0 Å². The standard InChI is InChI=1S/C15H16N2O2S/c1-2-16-11-12-5-3-4-6-15(12)20-14-9-7-13(8-10-14)17(18)19/h3-10,16H,2,11H2,1H3. The van der Waals surface area contributed by atoms with Gasteiger partial charge in [-0.2, -0.15) is 0 Å². The molecule has 0 fully saturated rings. The van der Waals surface area contributed by atoms with E-state index in [1.54, 1.807) is 23.9 Å². The highest BCUT2D eigenvalue weighted by Crippen LogP contribution is 2.31. The zero-order valence-electron chi connectivity index (χ0n) is 11.2. The summed E-state index contributed by atoms with van der Waals surface area (Å²) >= 11 is 1.62. The summed E-state index contributed by atoms with van der Waals surface area (Å²) in [6.07, 6.45) is 0. The molecule has 0 spiro atoms. The van der Waals surface area contributed by atoms with Crippen LogP contribution in [0.2, 0.25) is 0 Å². The van der Waals surface area contributed by atoms with Crippen molar-refractivity contribution in [2.24, 2.45) is 0 Å². The van der Waals surface area contributed by atoms with E-state index in [0.29, 0.717) is 0 Å². The van der Waals surface area contributed by atoms with Crippen LogP contribution in [0.1, 0.15) is 12.5 Å². The molecule has 0 saturated heterocycles. The lowest BCUT2D eigenvalue weighted by Gasteiger charge is -2.09. The van der Waals surface area contributed by atoms with E-state index in [2.05, 4.69) is 24.4 Å². The minimum Gasteiger partial charge on any atom is -0.313 e. The molecule has 0 bridgehead atoms. The molecule has 0 radical (unpaired) electrons. The molecule has 104 valence electrons. The zero-order chi connectivity index (χ0) is 14.4. The average Bonchev–Trinajstić information content (AvgIpc) is 2.47. The summed E-state index contributed by atoms with van der Waals surface area (Å²) in [5, 5.41) is 13.9.